The van der Waals surface area contributed by atoms with Gasteiger partial charge in [-0.2, -0.15) is 5.10 Å². The Morgan fingerprint density at radius 2 is 2.13 bits per heavy atom. The van der Waals surface area contributed by atoms with Gasteiger partial charge in [-0.1, -0.05) is 12.1 Å². The molecule has 0 fully saturated rings. The predicted molar refractivity (Wildman–Crippen MR) is 82.9 cm³/mol. The third kappa shape index (κ3) is 2.55. The van der Waals surface area contributed by atoms with Crippen molar-refractivity contribution >= 4 is 17.4 Å². The number of nitrogens with one attached hydrogen (secondary N) is 1. The quantitative estimate of drug-likeness (QED) is 0.629. The van der Waals surface area contributed by atoms with Crippen molar-refractivity contribution in [3.05, 3.63) is 67.0 Å². The molecular weight excluding hydrogens is 294 g/mol. The Kier molecular flexibility index (Phi) is 3.09. The third-order valence-electron chi connectivity index (χ3n) is 3.28. The molecule has 0 aliphatic rings. The zero-order chi connectivity index (χ0) is 15.6. The Morgan fingerprint density at radius 1 is 1.17 bits per heavy atom. The number of amides is 1. The van der Waals surface area contributed by atoms with Crippen LogP contribution in [0, 0.1) is 0 Å². The number of aromatic nitrogens is 4. The second-order valence-electron chi connectivity index (χ2n) is 4.83. The standard InChI is InChI=1S/C16H11N5O2/c22-15(14-5-2-8-23-14)19-12-4-1-3-11(9-12)13-10-21-16(20-13)17-6-7-18-21/h1-10H,(H,19,22). The maximum atomic E-state index is 12.0. The lowest BCUT2D eigenvalue weighted by Gasteiger charge is -2.04. The van der Waals surface area contributed by atoms with Gasteiger partial charge in [0.15, 0.2) is 5.76 Å². The number of hydrogen-bond acceptors (Lipinski definition) is 5. The SMILES string of the molecule is O=C(Nc1cccc(-c2cn3nccnc3n2)c1)c1ccco1. The smallest absolute Gasteiger partial charge is 0.291 e. The lowest BCUT2D eigenvalue weighted by molar-refractivity contribution is 0.0996. The highest BCUT2D eigenvalue weighted by molar-refractivity contribution is 6.02. The van der Waals surface area contributed by atoms with Crippen LogP contribution in [0.2, 0.25) is 0 Å². The topological polar surface area (TPSA) is 85.3 Å². The maximum absolute atomic E-state index is 12.0. The first-order chi connectivity index (χ1) is 11.3. The highest BCUT2D eigenvalue weighted by Gasteiger charge is 2.10. The molecule has 23 heavy (non-hydrogen) atoms. The van der Waals surface area contributed by atoms with Gasteiger partial charge in [0.25, 0.3) is 11.7 Å². The maximum Gasteiger partial charge on any atom is 0.291 e. The first-order valence-electron chi connectivity index (χ1n) is 6.91. The molecule has 1 amide bonds. The summed E-state index contributed by atoms with van der Waals surface area (Å²) in [6.45, 7) is 0. The van der Waals surface area contributed by atoms with Gasteiger partial charge < -0.3 is 9.73 Å². The molecular formula is C16H11N5O2. The van der Waals surface area contributed by atoms with Crippen molar-refractivity contribution in [2.75, 3.05) is 5.32 Å². The molecule has 112 valence electrons. The van der Waals surface area contributed by atoms with Gasteiger partial charge in [0.05, 0.1) is 30.5 Å². The highest BCUT2D eigenvalue weighted by Crippen LogP contribution is 2.22. The lowest BCUT2D eigenvalue weighted by atomic mass is 10.1. The van der Waals surface area contributed by atoms with Gasteiger partial charge in [-0.25, -0.2) is 14.5 Å². The Labute approximate surface area is 130 Å². The van der Waals surface area contributed by atoms with Crippen LogP contribution in [0.25, 0.3) is 17.0 Å². The molecule has 7 nitrogen and oxygen atoms in total. The van der Waals surface area contributed by atoms with Gasteiger partial charge in [0, 0.05) is 11.3 Å². The van der Waals surface area contributed by atoms with E-state index in [0.29, 0.717) is 11.5 Å². The molecule has 0 radical (unpaired) electrons. The second kappa shape index (κ2) is 5.38. The number of imidazole rings is 1. The summed E-state index contributed by atoms with van der Waals surface area (Å²) in [4.78, 5) is 20.6. The van der Waals surface area contributed by atoms with Gasteiger partial charge in [-0.15, -0.1) is 0 Å². The summed E-state index contributed by atoms with van der Waals surface area (Å²) in [5.41, 5.74) is 2.24. The molecule has 1 N–H and O–H groups in total. The van der Waals surface area contributed by atoms with Crippen LogP contribution >= 0.6 is 0 Å². The van der Waals surface area contributed by atoms with Gasteiger partial charge in [-0.3, -0.25) is 4.79 Å². The van der Waals surface area contributed by atoms with E-state index in [1.54, 1.807) is 41.3 Å². The van der Waals surface area contributed by atoms with Crippen molar-refractivity contribution in [1.82, 2.24) is 19.6 Å². The van der Waals surface area contributed by atoms with Gasteiger partial charge >= 0.3 is 0 Å². The predicted octanol–water partition coefficient (Wildman–Crippen LogP) is 2.64. The van der Waals surface area contributed by atoms with E-state index < -0.39 is 0 Å². The minimum absolute atomic E-state index is 0.261. The average Bonchev–Trinajstić information content (AvgIpc) is 3.24. The summed E-state index contributed by atoms with van der Waals surface area (Å²) in [5.74, 6) is 0.481. The fourth-order valence-electron chi connectivity index (χ4n) is 2.23. The molecule has 7 heteroatoms. The number of anilines is 1. The Balaban J connectivity index is 1.64. The van der Waals surface area contributed by atoms with Crippen LogP contribution in [0.4, 0.5) is 5.69 Å². The van der Waals surface area contributed by atoms with Crippen molar-refractivity contribution < 1.29 is 9.21 Å². The normalized spacial score (nSPS) is 10.8. The summed E-state index contributed by atoms with van der Waals surface area (Å²) in [5, 5.41) is 6.93. The van der Waals surface area contributed by atoms with E-state index in [0.717, 1.165) is 11.3 Å². The van der Waals surface area contributed by atoms with E-state index in [1.165, 1.54) is 6.26 Å². The van der Waals surface area contributed by atoms with Crippen molar-refractivity contribution in [2.24, 2.45) is 0 Å². The Morgan fingerprint density at radius 3 is 2.96 bits per heavy atom. The van der Waals surface area contributed by atoms with Crippen LogP contribution < -0.4 is 5.32 Å². The first kappa shape index (κ1) is 13.2. The molecule has 0 aliphatic heterocycles. The molecule has 0 saturated carbocycles. The summed E-state index contributed by atoms with van der Waals surface area (Å²) in [7, 11) is 0. The van der Waals surface area contributed by atoms with Crippen molar-refractivity contribution in [3.63, 3.8) is 0 Å². The molecule has 3 heterocycles. The minimum atomic E-state index is -0.300. The van der Waals surface area contributed by atoms with E-state index in [1.807, 2.05) is 18.2 Å². The summed E-state index contributed by atoms with van der Waals surface area (Å²) >= 11 is 0. The monoisotopic (exact) mass is 305 g/mol. The van der Waals surface area contributed by atoms with Crippen LogP contribution in [0.1, 0.15) is 10.6 Å². The zero-order valence-corrected chi connectivity index (χ0v) is 11.9. The van der Waals surface area contributed by atoms with Crippen LogP contribution in [-0.2, 0) is 0 Å². The average molecular weight is 305 g/mol. The summed E-state index contributed by atoms with van der Waals surface area (Å²) in [6.07, 6.45) is 6.43. The number of carbonyl (C=O) groups excluding carboxylic acids is 1. The van der Waals surface area contributed by atoms with Crippen LogP contribution in [0.5, 0.6) is 0 Å². The van der Waals surface area contributed by atoms with Gasteiger partial charge in [0.1, 0.15) is 0 Å². The number of rotatable bonds is 3. The Bertz CT molecular complexity index is 942. The number of carbonyl (C=O) groups is 1. The Hall–Kier alpha value is -3.48. The molecule has 0 unspecified atom stereocenters. The number of benzene rings is 1. The molecule has 3 aromatic heterocycles. The van der Waals surface area contributed by atoms with E-state index in [-0.39, 0.29) is 11.7 Å². The molecule has 4 aromatic rings. The largest absolute Gasteiger partial charge is 0.459 e. The molecule has 0 bridgehead atoms. The number of fused-ring (bicyclic) bond motifs is 1. The molecule has 0 spiro atoms. The molecule has 0 saturated heterocycles. The van der Waals surface area contributed by atoms with E-state index in [4.69, 9.17) is 4.42 Å². The zero-order valence-electron chi connectivity index (χ0n) is 11.9. The molecule has 1 aromatic carbocycles. The van der Waals surface area contributed by atoms with Crippen LogP contribution in [0.15, 0.2) is 65.7 Å². The van der Waals surface area contributed by atoms with E-state index in [2.05, 4.69) is 20.4 Å². The molecule has 0 atom stereocenters. The summed E-state index contributed by atoms with van der Waals surface area (Å²) < 4.78 is 6.68. The van der Waals surface area contributed by atoms with Crippen molar-refractivity contribution in [3.8, 4) is 11.3 Å². The second-order valence-corrected chi connectivity index (χ2v) is 4.83. The van der Waals surface area contributed by atoms with Crippen molar-refractivity contribution in [1.29, 1.82) is 0 Å². The third-order valence-corrected chi connectivity index (χ3v) is 3.28. The lowest BCUT2D eigenvalue weighted by Crippen LogP contribution is -2.10. The van der Waals surface area contributed by atoms with Crippen molar-refractivity contribution in [2.45, 2.75) is 0 Å². The fraction of sp³-hybridized carbons (Fsp3) is 0. The number of furan rings is 1. The highest BCUT2D eigenvalue weighted by atomic mass is 16.3. The van der Waals surface area contributed by atoms with E-state index in [9.17, 15) is 4.79 Å². The molecule has 0 aliphatic carbocycles. The molecule has 4 rings (SSSR count). The number of hydrogen-bond donors (Lipinski definition) is 1. The number of nitrogens with zero attached hydrogens (tertiary/aromatic N) is 4. The fourth-order valence-corrected chi connectivity index (χ4v) is 2.23. The van der Waals surface area contributed by atoms with Crippen LogP contribution in [0.3, 0.4) is 0 Å². The minimum Gasteiger partial charge on any atom is -0.459 e. The van der Waals surface area contributed by atoms with E-state index >= 15 is 0 Å². The van der Waals surface area contributed by atoms with Gasteiger partial charge in [0.2, 0.25) is 0 Å². The van der Waals surface area contributed by atoms with Crippen LogP contribution in [-0.4, -0.2) is 25.5 Å². The first-order valence-corrected chi connectivity index (χ1v) is 6.91. The summed E-state index contributed by atoms with van der Waals surface area (Å²) in [6, 6.07) is 10.7. The van der Waals surface area contributed by atoms with Gasteiger partial charge in [-0.05, 0) is 24.3 Å².